The van der Waals surface area contributed by atoms with Crippen LogP contribution in [-0.4, -0.2) is 42.8 Å². The Kier molecular flexibility index (Phi) is 5.82. The van der Waals surface area contributed by atoms with E-state index in [0.717, 1.165) is 32.7 Å². The largest absolute Gasteiger partial charge is 0.382 e. The van der Waals surface area contributed by atoms with Crippen LogP contribution in [0.4, 0.5) is 5.69 Å². The Bertz CT molecular complexity index is 486. The second-order valence-electron chi connectivity index (χ2n) is 4.89. The van der Waals surface area contributed by atoms with E-state index in [0.29, 0.717) is 24.8 Å². The van der Waals surface area contributed by atoms with Crippen molar-refractivity contribution in [3.05, 3.63) is 21.6 Å². The van der Waals surface area contributed by atoms with Crippen molar-refractivity contribution in [3.8, 4) is 0 Å². The van der Waals surface area contributed by atoms with E-state index in [1.807, 2.05) is 0 Å². The van der Waals surface area contributed by atoms with Gasteiger partial charge in [-0.2, -0.15) is 5.10 Å². The number of nitrogens with zero attached hydrogens (tertiary/aromatic N) is 2. The summed E-state index contributed by atoms with van der Waals surface area (Å²) in [4.78, 5) is 11.6. The molecule has 2 heterocycles. The predicted molar refractivity (Wildman–Crippen MR) is 77.3 cm³/mol. The molecule has 1 N–H and O–H groups in total. The summed E-state index contributed by atoms with van der Waals surface area (Å²) in [6.45, 7) is 3.79. The van der Waals surface area contributed by atoms with Gasteiger partial charge in [0.25, 0.3) is 5.56 Å². The third-order valence-electron chi connectivity index (χ3n) is 3.24. The topological polar surface area (TPSA) is 65.4 Å². The summed E-state index contributed by atoms with van der Waals surface area (Å²) in [6.07, 6.45) is 3.49. The van der Waals surface area contributed by atoms with Crippen molar-refractivity contribution in [2.45, 2.75) is 12.8 Å². The van der Waals surface area contributed by atoms with E-state index in [2.05, 4.69) is 10.4 Å². The van der Waals surface area contributed by atoms with Gasteiger partial charge in [0.2, 0.25) is 0 Å². The van der Waals surface area contributed by atoms with E-state index in [9.17, 15) is 4.79 Å². The lowest BCUT2D eigenvalue weighted by molar-refractivity contribution is 0.0897. The summed E-state index contributed by atoms with van der Waals surface area (Å²) in [5.41, 5.74) is 0.271. The molecule has 6 nitrogen and oxygen atoms in total. The number of hydrogen-bond acceptors (Lipinski definition) is 5. The van der Waals surface area contributed by atoms with Crippen molar-refractivity contribution >= 4 is 17.3 Å². The number of halogens is 1. The Morgan fingerprint density at radius 1 is 1.65 bits per heavy atom. The first kappa shape index (κ1) is 15.3. The second-order valence-corrected chi connectivity index (χ2v) is 5.26. The molecule has 0 amide bonds. The molecule has 1 aliphatic rings. The minimum atomic E-state index is -0.297. The van der Waals surface area contributed by atoms with E-state index in [1.165, 1.54) is 4.68 Å². The molecular formula is C13H20ClN3O3. The molecule has 0 bridgehead atoms. The zero-order valence-corrected chi connectivity index (χ0v) is 12.4. The first-order valence-corrected chi connectivity index (χ1v) is 7.17. The first-order chi connectivity index (χ1) is 9.68. The number of anilines is 1. The number of rotatable bonds is 7. The van der Waals surface area contributed by atoms with Gasteiger partial charge in [-0.25, -0.2) is 4.68 Å². The fourth-order valence-corrected chi connectivity index (χ4v) is 2.23. The molecule has 0 radical (unpaired) electrons. The Balaban J connectivity index is 1.63. The Morgan fingerprint density at radius 3 is 3.25 bits per heavy atom. The average Bonchev–Trinajstić information content (AvgIpc) is 2.95. The third-order valence-corrected chi connectivity index (χ3v) is 3.60. The lowest BCUT2D eigenvalue weighted by Crippen LogP contribution is -2.21. The molecule has 0 saturated carbocycles. The van der Waals surface area contributed by atoms with Gasteiger partial charge in [-0.15, -0.1) is 0 Å². The van der Waals surface area contributed by atoms with Crippen molar-refractivity contribution in [3.63, 3.8) is 0 Å². The average molecular weight is 302 g/mol. The molecule has 20 heavy (non-hydrogen) atoms. The van der Waals surface area contributed by atoms with Gasteiger partial charge in [0.15, 0.2) is 0 Å². The highest BCUT2D eigenvalue weighted by Gasteiger charge is 2.15. The van der Waals surface area contributed by atoms with Crippen molar-refractivity contribution in [1.29, 1.82) is 0 Å². The Hall–Kier alpha value is -1.11. The van der Waals surface area contributed by atoms with E-state index >= 15 is 0 Å². The number of aromatic nitrogens is 2. The highest BCUT2D eigenvalue weighted by molar-refractivity contribution is 6.32. The summed E-state index contributed by atoms with van der Waals surface area (Å²) in [7, 11) is 1.57. The lowest BCUT2D eigenvalue weighted by atomic mass is 10.1. The molecule has 1 fully saturated rings. The Morgan fingerprint density at radius 2 is 2.50 bits per heavy atom. The van der Waals surface area contributed by atoms with Crippen LogP contribution in [0.2, 0.25) is 5.02 Å². The van der Waals surface area contributed by atoms with Gasteiger partial charge in [0, 0.05) is 32.7 Å². The minimum Gasteiger partial charge on any atom is -0.382 e. The van der Waals surface area contributed by atoms with Crippen LogP contribution in [0, 0.1) is 5.92 Å². The van der Waals surface area contributed by atoms with Crippen LogP contribution in [0.3, 0.4) is 0 Å². The fraction of sp³-hybridized carbons (Fsp3) is 0.692. The molecule has 1 saturated heterocycles. The van der Waals surface area contributed by atoms with Gasteiger partial charge in [-0.05, 0) is 12.8 Å². The van der Waals surface area contributed by atoms with E-state index in [1.54, 1.807) is 13.2 Å². The molecule has 1 aromatic heterocycles. The molecule has 1 unspecified atom stereocenters. The van der Waals surface area contributed by atoms with Crippen molar-refractivity contribution in [2.75, 3.05) is 38.3 Å². The Labute approximate surface area is 123 Å². The summed E-state index contributed by atoms with van der Waals surface area (Å²) in [5.74, 6) is 0.541. The smallest absolute Gasteiger partial charge is 0.287 e. The van der Waals surface area contributed by atoms with Crippen molar-refractivity contribution in [2.24, 2.45) is 13.0 Å². The lowest BCUT2D eigenvalue weighted by Gasteiger charge is -2.10. The first-order valence-electron chi connectivity index (χ1n) is 6.79. The predicted octanol–water partition coefficient (Wildman–Crippen LogP) is 1.29. The van der Waals surface area contributed by atoms with Crippen LogP contribution < -0.4 is 10.9 Å². The number of nitrogens with one attached hydrogen (secondary N) is 1. The molecular weight excluding hydrogens is 282 g/mol. The van der Waals surface area contributed by atoms with Crippen LogP contribution in [0.1, 0.15) is 12.8 Å². The van der Waals surface area contributed by atoms with Crippen molar-refractivity contribution in [1.82, 2.24) is 9.78 Å². The maximum Gasteiger partial charge on any atom is 0.287 e. The number of ether oxygens (including phenoxy) is 2. The number of aryl methyl sites for hydroxylation is 1. The summed E-state index contributed by atoms with van der Waals surface area (Å²) >= 11 is 5.94. The van der Waals surface area contributed by atoms with Gasteiger partial charge in [-0.1, -0.05) is 11.6 Å². The monoisotopic (exact) mass is 301 g/mol. The van der Waals surface area contributed by atoms with Gasteiger partial charge >= 0.3 is 0 Å². The van der Waals surface area contributed by atoms with Gasteiger partial charge in [-0.3, -0.25) is 4.79 Å². The standard InChI is InChI=1S/C13H20ClN3O3/c1-17-13(18)12(14)11(7-16-17)15-4-2-5-19-8-10-3-6-20-9-10/h7,10,15H,2-6,8-9H2,1H3. The molecule has 112 valence electrons. The molecule has 7 heteroatoms. The minimum absolute atomic E-state index is 0.173. The second kappa shape index (κ2) is 7.61. The van der Waals surface area contributed by atoms with Crippen LogP contribution in [0.5, 0.6) is 0 Å². The molecule has 1 atom stereocenters. The van der Waals surface area contributed by atoms with Gasteiger partial charge in [0.05, 0.1) is 25.1 Å². The summed E-state index contributed by atoms with van der Waals surface area (Å²) in [5, 5.41) is 7.19. The number of hydrogen-bond donors (Lipinski definition) is 1. The SMILES string of the molecule is Cn1ncc(NCCCOCC2CCOC2)c(Cl)c1=O. The zero-order chi connectivity index (χ0) is 14.4. The van der Waals surface area contributed by atoms with E-state index in [4.69, 9.17) is 21.1 Å². The molecule has 0 spiro atoms. The quantitative estimate of drug-likeness (QED) is 0.769. The molecule has 0 aromatic carbocycles. The van der Waals surface area contributed by atoms with E-state index < -0.39 is 0 Å². The van der Waals surface area contributed by atoms with Crippen LogP contribution in [0.15, 0.2) is 11.0 Å². The van der Waals surface area contributed by atoms with Crippen LogP contribution >= 0.6 is 11.6 Å². The zero-order valence-electron chi connectivity index (χ0n) is 11.6. The molecule has 2 rings (SSSR count). The molecule has 1 aliphatic heterocycles. The van der Waals surface area contributed by atoms with Crippen LogP contribution in [0.25, 0.3) is 0 Å². The molecule has 0 aliphatic carbocycles. The third kappa shape index (κ3) is 4.19. The van der Waals surface area contributed by atoms with Crippen LogP contribution in [-0.2, 0) is 16.5 Å². The van der Waals surface area contributed by atoms with Gasteiger partial charge in [0.1, 0.15) is 5.02 Å². The highest BCUT2D eigenvalue weighted by Crippen LogP contribution is 2.15. The maximum atomic E-state index is 11.6. The summed E-state index contributed by atoms with van der Waals surface area (Å²) in [6, 6.07) is 0. The maximum absolute atomic E-state index is 11.6. The van der Waals surface area contributed by atoms with E-state index in [-0.39, 0.29) is 10.6 Å². The highest BCUT2D eigenvalue weighted by atomic mass is 35.5. The van der Waals surface area contributed by atoms with Crippen molar-refractivity contribution < 1.29 is 9.47 Å². The fourth-order valence-electron chi connectivity index (χ4n) is 2.00. The van der Waals surface area contributed by atoms with Gasteiger partial charge < -0.3 is 14.8 Å². The normalized spacial score (nSPS) is 18.4. The molecule has 1 aromatic rings. The summed E-state index contributed by atoms with van der Waals surface area (Å²) < 4.78 is 12.1.